The fourth-order valence-corrected chi connectivity index (χ4v) is 1.12. The highest BCUT2D eigenvalue weighted by Crippen LogP contribution is 2.14. The summed E-state index contributed by atoms with van der Waals surface area (Å²) < 4.78 is 0. The van der Waals surface area contributed by atoms with Gasteiger partial charge in [0.15, 0.2) is 0 Å². The van der Waals surface area contributed by atoms with E-state index in [-0.39, 0.29) is 12.4 Å². The Morgan fingerprint density at radius 3 is 2.46 bits per heavy atom. The molecule has 4 nitrogen and oxygen atoms in total. The molecular weight excluding hydrogens is 168 g/mol. The van der Waals surface area contributed by atoms with Gasteiger partial charge in [0.05, 0.1) is 12.5 Å². The van der Waals surface area contributed by atoms with Crippen LogP contribution in [0.3, 0.4) is 0 Å². The van der Waals surface area contributed by atoms with Gasteiger partial charge in [-0.2, -0.15) is 0 Å². The van der Waals surface area contributed by atoms with Crippen molar-refractivity contribution in [2.24, 2.45) is 10.9 Å². The lowest BCUT2D eigenvalue weighted by atomic mass is 9.99. The van der Waals surface area contributed by atoms with Gasteiger partial charge in [0.25, 0.3) is 0 Å². The van der Waals surface area contributed by atoms with Crippen LogP contribution in [0.1, 0.15) is 11.5 Å². The molecule has 0 aliphatic heterocycles. The average molecular weight is 180 g/mol. The predicted molar refractivity (Wildman–Crippen MR) is 49.7 cm³/mol. The molecule has 0 radical (unpaired) electrons. The molecule has 70 valence electrons. The van der Waals surface area contributed by atoms with Crippen LogP contribution in [0.15, 0.2) is 35.5 Å². The summed E-state index contributed by atoms with van der Waals surface area (Å²) in [5, 5.41) is 20.3. The molecule has 0 aliphatic carbocycles. The van der Waals surface area contributed by atoms with Crippen molar-refractivity contribution in [1.82, 2.24) is 0 Å². The van der Waals surface area contributed by atoms with E-state index in [0.717, 1.165) is 5.56 Å². The molecule has 0 bridgehead atoms. The standard InChI is InChI=1S/C9H12N2O2/c10-9(11-13)8(6-12)7-4-2-1-3-5-7/h1-5,8,12-13H,6H2,(H2,10,11). The highest BCUT2D eigenvalue weighted by atomic mass is 16.4. The number of benzene rings is 1. The molecule has 1 aromatic carbocycles. The zero-order valence-corrected chi connectivity index (χ0v) is 7.09. The Balaban J connectivity index is 2.91. The Kier molecular flexibility index (Phi) is 3.28. The van der Waals surface area contributed by atoms with Crippen molar-refractivity contribution >= 4 is 5.84 Å². The molecule has 0 aliphatic rings. The molecule has 1 aromatic rings. The van der Waals surface area contributed by atoms with E-state index in [4.69, 9.17) is 16.0 Å². The van der Waals surface area contributed by atoms with Gasteiger partial charge in [-0.05, 0) is 5.56 Å². The van der Waals surface area contributed by atoms with Gasteiger partial charge >= 0.3 is 0 Å². The minimum absolute atomic E-state index is 0.0219. The first-order valence-corrected chi connectivity index (χ1v) is 3.92. The number of aliphatic hydroxyl groups is 1. The zero-order chi connectivity index (χ0) is 9.68. The Labute approximate surface area is 76.3 Å². The summed E-state index contributed by atoms with van der Waals surface area (Å²) in [5.41, 5.74) is 6.23. The smallest absolute Gasteiger partial charge is 0.149 e. The molecular formula is C9H12N2O2. The Hall–Kier alpha value is -1.55. The van der Waals surface area contributed by atoms with Crippen LogP contribution >= 0.6 is 0 Å². The summed E-state index contributed by atoms with van der Waals surface area (Å²) in [6.07, 6.45) is 0. The fourth-order valence-electron chi connectivity index (χ4n) is 1.12. The van der Waals surface area contributed by atoms with Crippen LogP contribution in [0.25, 0.3) is 0 Å². The summed E-state index contributed by atoms with van der Waals surface area (Å²) >= 11 is 0. The third-order valence-corrected chi connectivity index (χ3v) is 1.86. The van der Waals surface area contributed by atoms with Gasteiger partial charge < -0.3 is 16.0 Å². The van der Waals surface area contributed by atoms with E-state index in [1.807, 2.05) is 30.3 Å². The topological polar surface area (TPSA) is 78.8 Å². The van der Waals surface area contributed by atoms with E-state index in [1.54, 1.807) is 0 Å². The highest BCUT2D eigenvalue weighted by molar-refractivity contribution is 5.86. The first-order valence-electron chi connectivity index (χ1n) is 3.92. The third kappa shape index (κ3) is 2.19. The minimum atomic E-state index is -0.425. The van der Waals surface area contributed by atoms with E-state index in [1.165, 1.54) is 0 Å². The lowest BCUT2D eigenvalue weighted by molar-refractivity contribution is 0.279. The van der Waals surface area contributed by atoms with Gasteiger partial charge in [-0.25, -0.2) is 0 Å². The van der Waals surface area contributed by atoms with Crippen LogP contribution in [0.2, 0.25) is 0 Å². The maximum absolute atomic E-state index is 9.01. The second-order valence-electron chi connectivity index (χ2n) is 2.67. The molecule has 0 fully saturated rings. The van der Waals surface area contributed by atoms with Crippen molar-refractivity contribution in [2.75, 3.05) is 6.61 Å². The molecule has 1 atom stereocenters. The summed E-state index contributed by atoms with van der Waals surface area (Å²) in [6, 6.07) is 9.17. The number of nitrogens with two attached hydrogens (primary N) is 1. The summed E-state index contributed by atoms with van der Waals surface area (Å²) in [7, 11) is 0. The van der Waals surface area contributed by atoms with E-state index in [2.05, 4.69) is 5.16 Å². The largest absolute Gasteiger partial charge is 0.409 e. The average Bonchev–Trinajstić information content (AvgIpc) is 2.20. The van der Waals surface area contributed by atoms with E-state index in [0.29, 0.717) is 0 Å². The van der Waals surface area contributed by atoms with Crippen LogP contribution in [0.5, 0.6) is 0 Å². The Bertz CT molecular complexity index is 285. The molecule has 4 N–H and O–H groups in total. The quantitative estimate of drug-likeness (QED) is 0.274. The van der Waals surface area contributed by atoms with Gasteiger partial charge in [0, 0.05) is 0 Å². The lowest BCUT2D eigenvalue weighted by Gasteiger charge is -2.11. The first kappa shape index (κ1) is 9.54. The number of aliphatic hydroxyl groups excluding tert-OH is 1. The van der Waals surface area contributed by atoms with Crippen molar-refractivity contribution in [3.63, 3.8) is 0 Å². The van der Waals surface area contributed by atoms with Crippen LogP contribution in [0, 0.1) is 0 Å². The lowest BCUT2D eigenvalue weighted by Crippen LogP contribution is -2.24. The normalized spacial score (nSPS) is 14.1. The molecule has 0 spiro atoms. The van der Waals surface area contributed by atoms with Gasteiger partial charge in [0.1, 0.15) is 5.84 Å². The van der Waals surface area contributed by atoms with Crippen molar-refractivity contribution < 1.29 is 10.3 Å². The number of rotatable bonds is 3. The van der Waals surface area contributed by atoms with E-state index >= 15 is 0 Å². The molecule has 13 heavy (non-hydrogen) atoms. The number of amidine groups is 1. The maximum Gasteiger partial charge on any atom is 0.149 e. The molecule has 0 aromatic heterocycles. The van der Waals surface area contributed by atoms with Crippen LogP contribution in [-0.2, 0) is 0 Å². The van der Waals surface area contributed by atoms with Gasteiger partial charge in [-0.1, -0.05) is 35.5 Å². The Morgan fingerprint density at radius 1 is 1.38 bits per heavy atom. The van der Waals surface area contributed by atoms with Crippen molar-refractivity contribution in [3.8, 4) is 0 Å². The molecule has 0 heterocycles. The first-order chi connectivity index (χ1) is 6.29. The fraction of sp³-hybridized carbons (Fsp3) is 0.222. The van der Waals surface area contributed by atoms with Crippen molar-refractivity contribution in [3.05, 3.63) is 35.9 Å². The number of hydrogen-bond acceptors (Lipinski definition) is 3. The van der Waals surface area contributed by atoms with Crippen LogP contribution in [-0.4, -0.2) is 22.8 Å². The maximum atomic E-state index is 9.01. The van der Waals surface area contributed by atoms with E-state index in [9.17, 15) is 0 Å². The molecule has 0 saturated carbocycles. The summed E-state index contributed by atoms with van der Waals surface area (Å²) in [5.74, 6) is -0.403. The van der Waals surface area contributed by atoms with Crippen LogP contribution < -0.4 is 5.73 Å². The number of hydrogen-bond donors (Lipinski definition) is 3. The second kappa shape index (κ2) is 4.47. The molecule has 0 saturated heterocycles. The third-order valence-electron chi connectivity index (χ3n) is 1.86. The zero-order valence-electron chi connectivity index (χ0n) is 7.09. The predicted octanol–water partition coefficient (Wildman–Crippen LogP) is 0.509. The SMILES string of the molecule is NC(=NO)C(CO)c1ccccc1. The summed E-state index contributed by atoms with van der Waals surface area (Å²) in [6.45, 7) is -0.167. The van der Waals surface area contributed by atoms with Gasteiger partial charge in [-0.15, -0.1) is 0 Å². The van der Waals surface area contributed by atoms with Crippen molar-refractivity contribution in [1.29, 1.82) is 0 Å². The molecule has 1 rings (SSSR count). The second-order valence-corrected chi connectivity index (χ2v) is 2.67. The molecule has 0 amide bonds. The minimum Gasteiger partial charge on any atom is -0.409 e. The van der Waals surface area contributed by atoms with Crippen molar-refractivity contribution in [2.45, 2.75) is 5.92 Å². The highest BCUT2D eigenvalue weighted by Gasteiger charge is 2.14. The van der Waals surface area contributed by atoms with E-state index < -0.39 is 5.92 Å². The molecule has 4 heteroatoms. The number of nitrogens with zero attached hydrogens (tertiary/aromatic N) is 1. The van der Waals surface area contributed by atoms with Crippen LogP contribution in [0.4, 0.5) is 0 Å². The van der Waals surface area contributed by atoms with Gasteiger partial charge in [0.2, 0.25) is 0 Å². The monoisotopic (exact) mass is 180 g/mol. The number of oxime groups is 1. The van der Waals surface area contributed by atoms with Gasteiger partial charge in [-0.3, -0.25) is 0 Å². The summed E-state index contributed by atoms with van der Waals surface area (Å²) in [4.78, 5) is 0. The molecule has 1 unspecified atom stereocenters. The Morgan fingerprint density at radius 2 is 2.00 bits per heavy atom.